The molecule has 0 saturated heterocycles. The van der Waals surface area contributed by atoms with Crippen LogP contribution in [0.15, 0.2) is 48.5 Å². The summed E-state index contributed by atoms with van der Waals surface area (Å²) in [6.07, 6.45) is 0. The molecule has 0 atom stereocenters. The molecule has 0 aromatic heterocycles. The van der Waals surface area contributed by atoms with E-state index in [-0.39, 0.29) is 11.5 Å². The van der Waals surface area contributed by atoms with Crippen molar-refractivity contribution in [3.63, 3.8) is 0 Å². The van der Waals surface area contributed by atoms with Gasteiger partial charge in [0.05, 0.1) is 0 Å². The first kappa shape index (κ1) is 11.5. The average molecular weight is 226 g/mol. The maximum atomic E-state index is 9.26. The Bertz CT molecular complexity index is 448. The molecule has 2 N–H and O–H groups in total. The highest BCUT2D eigenvalue weighted by Crippen LogP contribution is 2.32. The molecular formula is C15H14O2. The van der Waals surface area contributed by atoms with E-state index < -0.39 is 5.41 Å². The van der Waals surface area contributed by atoms with Crippen LogP contribution in [0, 0.1) is 6.92 Å². The Morgan fingerprint density at radius 2 is 1.06 bits per heavy atom. The lowest BCUT2D eigenvalue weighted by molar-refractivity contribution is 0.474. The standard InChI is InChI=1S/C15H14O2/c1-15(2,11-3-7-13(16)8-4-11)12-5-9-14(17)10-6-12/h1,3-10,16-17H,2H3. The van der Waals surface area contributed by atoms with E-state index in [2.05, 4.69) is 0 Å². The van der Waals surface area contributed by atoms with Gasteiger partial charge < -0.3 is 10.2 Å². The number of benzene rings is 2. The third kappa shape index (κ3) is 2.26. The van der Waals surface area contributed by atoms with Gasteiger partial charge in [0.1, 0.15) is 11.5 Å². The van der Waals surface area contributed by atoms with E-state index in [0.29, 0.717) is 0 Å². The van der Waals surface area contributed by atoms with Gasteiger partial charge >= 0.3 is 0 Å². The first-order valence-electron chi connectivity index (χ1n) is 5.38. The van der Waals surface area contributed by atoms with E-state index in [0.717, 1.165) is 11.1 Å². The molecule has 0 saturated carbocycles. The van der Waals surface area contributed by atoms with Crippen molar-refractivity contribution in [3.8, 4) is 11.5 Å². The Labute approximate surface area is 101 Å². The van der Waals surface area contributed by atoms with Crippen LogP contribution in [0.1, 0.15) is 18.1 Å². The summed E-state index contributed by atoms with van der Waals surface area (Å²) in [6, 6.07) is 13.6. The number of hydrogen-bond acceptors (Lipinski definition) is 2. The van der Waals surface area contributed by atoms with Crippen LogP contribution in [0.5, 0.6) is 11.5 Å². The van der Waals surface area contributed by atoms with Gasteiger partial charge in [0, 0.05) is 5.41 Å². The fourth-order valence-corrected chi connectivity index (χ4v) is 1.78. The molecule has 2 aromatic rings. The quantitative estimate of drug-likeness (QED) is 0.826. The van der Waals surface area contributed by atoms with Gasteiger partial charge in [0.2, 0.25) is 0 Å². The van der Waals surface area contributed by atoms with Crippen molar-refractivity contribution < 1.29 is 10.2 Å². The lowest BCUT2D eigenvalue weighted by Crippen LogP contribution is -2.18. The number of hydrogen-bond donors (Lipinski definition) is 2. The zero-order valence-electron chi connectivity index (χ0n) is 9.59. The third-order valence-electron chi connectivity index (χ3n) is 2.93. The summed E-state index contributed by atoms with van der Waals surface area (Å²) in [5.41, 5.74) is 1.16. The van der Waals surface area contributed by atoms with Gasteiger partial charge in [-0.25, -0.2) is 0 Å². The van der Waals surface area contributed by atoms with Crippen molar-refractivity contribution in [2.45, 2.75) is 12.3 Å². The normalized spacial score (nSPS) is 11.4. The maximum absolute atomic E-state index is 9.26. The Morgan fingerprint density at radius 3 is 1.35 bits per heavy atom. The summed E-state index contributed by atoms with van der Waals surface area (Å²) in [6.45, 7) is 8.19. The van der Waals surface area contributed by atoms with Crippen molar-refractivity contribution in [1.82, 2.24) is 0 Å². The molecule has 0 aliphatic heterocycles. The molecule has 17 heavy (non-hydrogen) atoms. The monoisotopic (exact) mass is 226 g/mol. The molecule has 2 radical (unpaired) electrons. The van der Waals surface area contributed by atoms with Crippen LogP contribution in [0.2, 0.25) is 0 Å². The molecule has 2 rings (SSSR count). The van der Waals surface area contributed by atoms with Crippen molar-refractivity contribution in [2.75, 3.05) is 0 Å². The number of phenolic OH excluding ortho intramolecular Hbond substituents is 2. The molecule has 0 aliphatic carbocycles. The number of aromatic hydroxyl groups is 2. The molecule has 0 fully saturated rings. The smallest absolute Gasteiger partial charge is 0.115 e. The summed E-state index contributed by atoms with van der Waals surface area (Å²) < 4.78 is 0. The van der Waals surface area contributed by atoms with Crippen LogP contribution in [-0.4, -0.2) is 10.2 Å². The zero-order valence-corrected chi connectivity index (χ0v) is 9.59. The van der Waals surface area contributed by atoms with Crippen LogP contribution < -0.4 is 0 Å². The minimum Gasteiger partial charge on any atom is -0.508 e. The zero-order chi connectivity index (χ0) is 12.5. The molecule has 0 spiro atoms. The lowest BCUT2D eigenvalue weighted by atomic mass is 9.78. The van der Waals surface area contributed by atoms with Gasteiger partial charge in [0.15, 0.2) is 0 Å². The molecule has 2 aromatic carbocycles. The summed E-state index contributed by atoms with van der Waals surface area (Å²) in [5, 5.41) is 18.5. The molecule has 2 heteroatoms. The molecule has 0 heterocycles. The summed E-state index contributed by atoms with van der Waals surface area (Å²) in [4.78, 5) is 0. The van der Waals surface area contributed by atoms with Gasteiger partial charge in [-0.15, -0.1) is 0 Å². The largest absolute Gasteiger partial charge is 0.508 e. The molecule has 86 valence electrons. The predicted molar refractivity (Wildman–Crippen MR) is 67.0 cm³/mol. The lowest BCUT2D eigenvalue weighted by Gasteiger charge is -2.25. The third-order valence-corrected chi connectivity index (χ3v) is 2.93. The number of rotatable bonds is 2. The van der Waals surface area contributed by atoms with Crippen LogP contribution >= 0.6 is 0 Å². The Hall–Kier alpha value is -1.96. The predicted octanol–water partition coefficient (Wildman–Crippen LogP) is 3.11. The number of phenols is 2. The highest BCUT2D eigenvalue weighted by molar-refractivity contribution is 5.43. The van der Waals surface area contributed by atoms with Gasteiger partial charge in [-0.1, -0.05) is 31.2 Å². The second-order valence-corrected chi connectivity index (χ2v) is 4.30. The fraction of sp³-hybridized carbons (Fsp3) is 0.133. The average Bonchev–Trinajstić information content (AvgIpc) is 2.30. The van der Waals surface area contributed by atoms with Crippen LogP contribution in [0.3, 0.4) is 0 Å². The van der Waals surface area contributed by atoms with Crippen LogP contribution in [0.4, 0.5) is 0 Å². The van der Waals surface area contributed by atoms with Gasteiger partial charge in [0.25, 0.3) is 0 Å². The molecule has 2 nitrogen and oxygen atoms in total. The van der Waals surface area contributed by atoms with Crippen molar-refractivity contribution in [2.24, 2.45) is 0 Å². The SMILES string of the molecule is [CH]C(C)(c1ccc(O)cc1)c1ccc(O)cc1. The van der Waals surface area contributed by atoms with Crippen molar-refractivity contribution >= 4 is 0 Å². The minimum atomic E-state index is -0.651. The van der Waals surface area contributed by atoms with E-state index >= 15 is 0 Å². The van der Waals surface area contributed by atoms with E-state index in [1.54, 1.807) is 48.5 Å². The van der Waals surface area contributed by atoms with Crippen LogP contribution in [0.25, 0.3) is 0 Å². The van der Waals surface area contributed by atoms with E-state index in [1.165, 1.54) is 0 Å². The first-order valence-corrected chi connectivity index (χ1v) is 5.38. The Kier molecular flexibility index (Phi) is 2.80. The van der Waals surface area contributed by atoms with Gasteiger partial charge in [-0.05, 0) is 42.3 Å². The summed E-state index contributed by atoms with van der Waals surface area (Å²) >= 11 is 0. The fourth-order valence-electron chi connectivity index (χ4n) is 1.78. The minimum absolute atomic E-state index is 0.218. The van der Waals surface area contributed by atoms with Crippen molar-refractivity contribution in [1.29, 1.82) is 0 Å². The highest BCUT2D eigenvalue weighted by Gasteiger charge is 2.23. The molecular weight excluding hydrogens is 212 g/mol. The maximum Gasteiger partial charge on any atom is 0.115 e. The van der Waals surface area contributed by atoms with Gasteiger partial charge in [-0.2, -0.15) is 0 Å². The van der Waals surface area contributed by atoms with E-state index in [9.17, 15) is 10.2 Å². The first-order chi connectivity index (χ1) is 8.00. The van der Waals surface area contributed by atoms with Gasteiger partial charge in [-0.3, -0.25) is 0 Å². The summed E-state index contributed by atoms with van der Waals surface area (Å²) in [7, 11) is 0. The second kappa shape index (κ2) is 4.13. The Morgan fingerprint density at radius 1 is 0.765 bits per heavy atom. The Balaban J connectivity index is 2.41. The topological polar surface area (TPSA) is 40.5 Å². The highest BCUT2D eigenvalue weighted by atomic mass is 16.3. The summed E-state index contributed by atoms with van der Waals surface area (Å²) in [5.74, 6) is 0.436. The second-order valence-electron chi connectivity index (χ2n) is 4.30. The molecule has 0 aliphatic rings. The van der Waals surface area contributed by atoms with Crippen molar-refractivity contribution in [3.05, 3.63) is 66.6 Å². The van der Waals surface area contributed by atoms with E-state index in [4.69, 9.17) is 6.92 Å². The van der Waals surface area contributed by atoms with Crippen LogP contribution in [-0.2, 0) is 5.41 Å². The molecule has 0 amide bonds. The molecule has 0 bridgehead atoms. The molecule has 0 unspecified atom stereocenters. The van der Waals surface area contributed by atoms with E-state index in [1.807, 2.05) is 6.92 Å².